The number of hydrogen-bond acceptors (Lipinski definition) is 8. The van der Waals surface area contributed by atoms with Gasteiger partial charge in [0, 0.05) is 36.8 Å². The van der Waals surface area contributed by atoms with E-state index in [1.165, 1.54) is 0 Å². The van der Waals surface area contributed by atoms with Gasteiger partial charge in [-0.05, 0) is 67.5 Å². The van der Waals surface area contributed by atoms with Gasteiger partial charge < -0.3 is 24.3 Å². The molecule has 2 aromatic heterocycles. The van der Waals surface area contributed by atoms with E-state index < -0.39 is 12.1 Å². The summed E-state index contributed by atoms with van der Waals surface area (Å²) in [6, 6.07) is 7.51. The molecule has 182 valence electrons. The Morgan fingerprint density at radius 2 is 2.18 bits per heavy atom. The maximum Gasteiger partial charge on any atom is 0.303 e. The van der Waals surface area contributed by atoms with Crippen molar-refractivity contribution in [3.8, 4) is 5.75 Å². The van der Waals surface area contributed by atoms with Crippen LogP contribution in [0.25, 0.3) is 10.9 Å². The molecule has 9 heteroatoms. The van der Waals surface area contributed by atoms with E-state index in [0.717, 1.165) is 60.4 Å². The lowest BCUT2D eigenvalue weighted by Gasteiger charge is -2.38. The lowest BCUT2D eigenvalue weighted by molar-refractivity contribution is -0.139. The molecule has 0 bridgehead atoms. The van der Waals surface area contributed by atoms with Crippen LogP contribution < -0.4 is 4.74 Å². The van der Waals surface area contributed by atoms with Crippen molar-refractivity contribution in [2.24, 2.45) is 11.8 Å². The number of hydrogen-bond donors (Lipinski definition) is 2. The van der Waals surface area contributed by atoms with Crippen LogP contribution in [-0.2, 0) is 4.79 Å². The molecule has 1 aliphatic rings. The Labute approximate surface area is 203 Å². The van der Waals surface area contributed by atoms with Gasteiger partial charge in [-0.25, -0.2) is 4.98 Å². The van der Waals surface area contributed by atoms with Crippen molar-refractivity contribution in [2.75, 3.05) is 32.5 Å². The molecule has 0 unspecified atom stereocenters. The van der Waals surface area contributed by atoms with Gasteiger partial charge in [-0.2, -0.15) is 0 Å². The zero-order chi connectivity index (χ0) is 23.9. The molecule has 0 amide bonds. The summed E-state index contributed by atoms with van der Waals surface area (Å²) in [7, 11) is 1.62. The second kappa shape index (κ2) is 11.7. The van der Waals surface area contributed by atoms with Crippen LogP contribution in [0, 0.1) is 11.8 Å². The SMILES string of the molecule is COc1ccc2nccc([C@H](O)CC[C@@H]3CCN(CCSc4ncco4)C[C@@H]3CC(=O)O)c2c1. The first-order chi connectivity index (χ1) is 16.5. The van der Waals surface area contributed by atoms with Crippen molar-refractivity contribution in [1.29, 1.82) is 0 Å². The van der Waals surface area contributed by atoms with Crippen LogP contribution in [0.4, 0.5) is 0 Å². The third kappa shape index (κ3) is 6.28. The quantitative estimate of drug-likeness (QED) is 0.385. The van der Waals surface area contributed by atoms with Gasteiger partial charge in [0.1, 0.15) is 12.0 Å². The third-order valence-electron chi connectivity index (χ3n) is 6.61. The number of nitrogens with zero attached hydrogens (tertiary/aromatic N) is 3. The number of fused-ring (bicyclic) bond motifs is 1. The van der Waals surface area contributed by atoms with Gasteiger partial charge in [0.2, 0.25) is 0 Å². The van der Waals surface area contributed by atoms with E-state index in [0.29, 0.717) is 11.6 Å². The lowest BCUT2D eigenvalue weighted by atomic mass is 9.79. The van der Waals surface area contributed by atoms with Crippen molar-refractivity contribution in [2.45, 2.75) is 37.0 Å². The van der Waals surface area contributed by atoms with Crippen molar-refractivity contribution in [3.63, 3.8) is 0 Å². The highest BCUT2D eigenvalue weighted by Gasteiger charge is 2.31. The standard InChI is InChI=1S/C25H31N3O5S/c1-32-19-3-4-22-21(15-19)20(6-8-26-22)23(29)5-2-17-7-10-28(16-18(17)14-24(30)31)11-13-34-25-27-9-12-33-25/h3-4,6,8-9,12,15,17-18,23,29H,2,5,7,10-11,13-14,16H2,1H3,(H,30,31)/t17-,18+,23-/m1/s1. The van der Waals surface area contributed by atoms with Crippen LogP contribution in [0.5, 0.6) is 5.75 Å². The number of thioether (sulfide) groups is 1. The van der Waals surface area contributed by atoms with Crippen LogP contribution in [0.2, 0.25) is 0 Å². The van der Waals surface area contributed by atoms with E-state index in [1.54, 1.807) is 37.5 Å². The summed E-state index contributed by atoms with van der Waals surface area (Å²) in [4.78, 5) is 22.4. The number of carbonyl (C=O) groups is 1. The minimum atomic E-state index is -0.765. The zero-order valence-electron chi connectivity index (χ0n) is 19.3. The van der Waals surface area contributed by atoms with Crippen molar-refractivity contribution in [1.82, 2.24) is 14.9 Å². The molecule has 8 nitrogen and oxygen atoms in total. The van der Waals surface area contributed by atoms with Gasteiger partial charge in [-0.1, -0.05) is 11.8 Å². The molecule has 1 fully saturated rings. The van der Waals surface area contributed by atoms with Gasteiger partial charge in [-0.15, -0.1) is 0 Å². The van der Waals surface area contributed by atoms with Gasteiger partial charge in [0.05, 0.1) is 24.9 Å². The van der Waals surface area contributed by atoms with Gasteiger partial charge in [-0.3, -0.25) is 9.78 Å². The first-order valence-corrected chi connectivity index (χ1v) is 12.6. The maximum atomic E-state index is 11.5. The topological polar surface area (TPSA) is 109 Å². The lowest BCUT2D eigenvalue weighted by Crippen LogP contribution is -2.42. The van der Waals surface area contributed by atoms with Gasteiger partial charge in [0.25, 0.3) is 5.22 Å². The predicted octanol–water partition coefficient (Wildman–Crippen LogP) is 4.25. The zero-order valence-corrected chi connectivity index (χ0v) is 20.1. The van der Waals surface area contributed by atoms with E-state index in [1.807, 2.05) is 24.3 Å². The fourth-order valence-electron chi connectivity index (χ4n) is 4.83. The monoisotopic (exact) mass is 485 g/mol. The molecule has 0 radical (unpaired) electrons. The minimum absolute atomic E-state index is 0.0689. The van der Waals surface area contributed by atoms with Crippen molar-refractivity contribution < 1.29 is 24.2 Å². The average molecular weight is 486 g/mol. The smallest absolute Gasteiger partial charge is 0.303 e. The molecule has 1 aromatic carbocycles. The average Bonchev–Trinajstić information content (AvgIpc) is 3.36. The molecule has 1 aliphatic heterocycles. The molecule has 2 N–H and O–H groups in total. The number of benzene rings is 1. The Kier molecular flexibility index (Phi) is 8.42. The molecule has 0 aliphatic carbocycles. The minimum Gasteiger partial charge on any atom is -0.497 e. The number of carboxylic acids is 1. The second-order valence-corrected chi connectivity index (χ2v) is 9.78. The van der Waals surface area contributed by atoms with E-state index in [9.17, 15) is 15.0 Å². The van der Waals surface area contributed by atoms with Crippen LogP contribution >= 0.6 is 11.8 Å². The number of methoxy groups -OCH3 is 1. The maximum absolute atomic E-state index is 11.5. The summed E-state index contributed by atoms with van der Waals surface area (Å²) in [6.45, 7) is 2.55. The highest BCUT2D eigenvalue weighted by Crippen LogP contribution is 2.35. The highest BCUT2D eigenvalue weighted by atomic mass is 32.2. The largest absolute Gasteiger partial charge is 0.497 e. The number of aliphatic hydroxyl groups excluding tert-OH is 1. The highest BCUT2D eigenvalue weighted by molar-refractivity contribution is 7.99. The molecule has 4 rings (SSSR count). The fraction of sp³-hybridized carbons (Fsp3) is 0.480. The Morgan fingerprint density at radius 1 is 1.29 bits per heavy atom. The Hall–Kier alpha value is -2.62. The van der Waals surface area contributed by atoms with Crippen LogP contribution in [0.1, 0.15) is 37.4 Å². The molecule has 34 heavy (non-hydrogen) atoms. The molecule has 3 atom stereocenters. The van der Waals surface area contributed by atoms with E-state index in [2.05, 4.69) is 14.9 Å². The number of piperidine rings is 1. The molecular formula is C25H31N3O5S. The van der Waals surface area contributed by atoms with Crippen LogP contribution in [0.15, 0.2) is 52.6 Å². The van der Waals surface area contributed by atoms with Gasteiger partial charge >= 0.3 is 5.97 Å². The summed E-state index contributed by atoms with van der Waals surface area (Å²) >= 11 is 1.57. The first-order valence-electron chi connectivity index (χ1n) is 11.6. The van der Waals surface area contributed by atoms with E-state index in [-0.39, 0.29) is 18.3 Å². The third-order valence-corrected chi connectivity index (χ3v) is 7.44. The Morgan fingerprint density at radius 3 is 2.94 bits per heavy atom. The van der Waals surface area contributed by atoms with Crippen LogP contribution in [0.3, 0.4) is 0 Å². The Bertz CT molecular complexity index is 1080. The number of rotatable bonds is 11. The van der Waals surface area contributed by atoms with Crippen LogP contribution in [-0.4, -0.2) is 63.5 Å². The number of likely N-dealkylation sites (tertiary alicyclic amines) is 1. The fourth-order valence-corrected chi connectivity index (χ4v) is 5.61. The number of oxazole rings is 1. The Balaban J connectivity index is 1.35. The van der Waals surface area contributed by atoms with E-state index >= 15 is 0 Å². The second-order valence-electron chi connectivity index (χ2n) is 8.73. The normalized spacial score (nSPS) is 19.8. The molecular weight excluding hydrogens is 454 g/mol. The molecule has 0 saturated carbocycles. The summed E-state index contributed by atoms with van der Waals surface area (Å²) in [6.07, 6.45) is 6.72. The number of aliphatic carboxylic acids is 1. The van der Waals surface area contributed by atoms with Crippen molar-refractivity contribution >= 4 is 28.6 Å². The summed E-state index contributed by atoms with van der Waals surface area (Å²) in [5, 5.41) is 22.1. The number of pyridine rings is 1. The van der Waals surface area contributed by atoms with Gasteiger partial charge in [0.15, 0.2) is 0 Å². The molecule has 3 heterocycles. The summed E-state index contributed by atoms with van der Waals surface area (Å²) < 4.78 is 10.6. The first kappa shape index (κ1) is 24.5. The summed E-state index contributed by atoms with van der Waals surface area (Å²) in [5.41, 5.74) is 1.65. The number of aliphatic hydroxyl groups is 1. The van der Waals surface area contributed by atoms with E-state index in [4.69, 9.17) is 9.15 Å². The number of carboxylic acid groups (broad SMARTS) is 1. The summed E-state index contributed by atoms with van der Waals surface area (Å²) in [5.74, 6) is 1.15. The predicted molar refractivity (Wildman–Crippen MR) is 130 cm³/mol. The molecule has 0 spiro atoms. The molecule has 3 aromatic rings. The van der Waals surface area contributed by atoms with Crippen molar-refractivity contribution in [3.05, 3.63) is 48.5 Å². The number of aromatic nitrogens is 2. The molecule has 1 saturated heterocycles. The number of ether oxygens (including phenoxy) is 1.